The van der Waals surface area contributed by atoms with Crippen LogP contribution in [0, 0.1) is 0 Å². The fourth-order valence-corrected chi connectivity index (χ4v) is 2.00. The number of fused-ring (bicyclic) bond motifs is 1. The SMILES string of the molecule is CSc1ncc(CNc2nnc3ccccn23)cn1. The summed E-state index contributed by atoms with van der Waals surface area (Å²) in [5.74, 6) is 0.713. The van der Waals surface area contributed by atoms with Gasteiger partial charge in [0, 0.05) is 30.7 Å². The smallest absolute Gasteiger partial charge is 0.229 e. The zero-order chi connectivity index (χ0) is 13.1. The van der Waals surface area contributed by atoms with Gasteiger partial charge in [-0.1, -0.05) is 17.8 Å². The van der Waals surface area contributed by atoms with Crippen LogP contribution >= 0.6 is 11.8 Å². The summed E-state index contributed by atoms with van der Waals surface area (Å²) in [6, 6.07) is 5.79. The largest absolute Gasteiger partial charge is 0.350 e. The second-order valence-corrected chi connectivity index (χ2v) is 4.66. The van der Waals surface area contributed by atoms with Crippen LogP contribution < -0.4 is 5.32 Å². The van der Waals surface area contributed by atoms with E-state index in [1.165, 1.54) is 11.8 Å². The van der Waals surface area contributed by atoms with E-state index in [1.807, 2.05) is 47.4 Å². The van der Waals surface area contributed by atoms with Crippen LogP contribution in [0.25, 0.3) is 5.65 Å². The number of nitrogens with one attached hydrogen (secondary N) is 1. The number of anilines is 1. The van der Waals surface area contributed by atoms with Gasteiger partial charge in [0.2, 0.25) is 5.95 Å². The van der Waals surface area contributed by atoms with Crippen LogP contribution in [0.3, 0.4) is 0 Å². The predicted molar refractivity (Wildman–Crippen MR) is 74.1 cm³/mol. The van der Waals surface area contributed by atoms with Gasteiger partial charge in [0.1, 0.15) is 0 Å². The van der Waals surface area contributed by atoms with Crippen molar-refractivity contribution in [3.63, 3.8) is 0 Å². The number of hydrogen-bond donors (Lipinski definition) is 1. The van der Waals surface area contributed by atoms with Crippen LogP contribution in [0.15, 0.2) is 41.9 Å². The summed E-state index contributed by atoms with van der Waals surface area (Å²) < 4.78 is 1.90. The summed E-state index contributed by atoms with van der Waals surface area (Å²) in [7, 11) is 0. The minimum absolute atomic E-state index is 0.615. The van der Waals surface area contributed by atoms with E-state index >= 15 is 0 Å². The average Bonchev–Trinajstić information content (AvgIpc) is 2.89. The van der Waals surface area contributed by atoms with Crippen molar-refractivity contribution in [1.82, 2.24) is 24.6 Å². The Bertz CT molecular complexity index is 678. The summed E-state index contributed by atoms with van der Waals surface area (Å²) >= 11 is 1.53. The van der Waals surface area contributed by atoms with Crippen molar-refractivity contribution < 1.29 is 0 Å². The number of pyridine rings is 1. The molecule has 0 saturated heterocycles. The highest BCUT2D eigenvalue weighted by molar-refractivity contribution is 7.98. The molecule has 19 heavy (non-hydrogen) atoms. The average molecular weight is 272 g/mol. The molecule has 0 fully saturated rings. The van der Waals surface area contributed by atoms with Crippen molar-refractivity contribution in [2.45, 2.75) is 11.7 Å². The minimum Gasteiger partial charge on any atom is -0.350 e. The first-order valence-corrected chi connectivity index (χ1v) is 6.98. The third-order valence-corrected chi connectivity index (χ3v) is 3.20. The molecule has 0 radical (unpaired) electrons. The van der Waals surface area contributed by atoms with E-state index in [0.717, 1.165) is 16.4 Å². The molecule has 3 aromatic heterocycles. The molecule has 96 valence electrons. The van der Waals surface area contributed by atoms with E-state index in [0.29, 0.717) is 12.5 Å². The lowest BCUT2D eigenvalue weighted by Crippen LogP contribution is -2.04. The highest BCUT2D eigenvalue weighted by Gasteiger charge is 2.04. The second kappa shape index (κ2) is 5.23. The van der Waals surface area contributed by atoms with Crippen LogP contribution in [0.2, 0.25) is 0 Å². The van der Waals surface area contributed by atoms with Gasteiger partial charge in [-0.3, -0.25) is 4.40 Å². The Morgan fingerprint density at radius 2 is 2.05 bits per heavy atom. The van der Waals surface area contributed by atoms with Crippen LogP contribution in [0.5, 0.6) is 0 Å². The Morgan fingerprint density at radius 3 is 2.84 bits per heavy atom. The topological polar surface area (TPSA) is 68.0 Å². The molecule has 0 unspecified atom stereocenters. The van der Waals surface area contributed by atoms with Gasteiger partial charge >= 0.3 is 0 Å². The maximum absolute atomic E-state index is 4.23. The number of thioether (sulfide) groups is 1. The highest BCUT2D eigenvalue weighted by atomic mass is 32.2. The lowest BCUT2D eigenvalue weighted by molar-refractivity contribution is 0.922. The first-order chi connectivity index (χ1) is 9.36. The van der Waals surface area contributed by atoms with E-state index < -0.39 is 0 Å². The van der Waals surface area contributed by atoms with E-state index in [1.54, 1.807) is 0 Å². The summed E-state index contributed by atoms with van der Waals surface area (Å²) in [4.78, 5) is 8.46. The molecule has 0 aromatic carbocycles. The van der Waals surface area contributed by atoms with Crippen LogP contribution in [-0.4, -0.2) is 30.8 Å². The van der Waals surface area contributed by atoms with E-state index in [-0.39, 0.29) is 0 Å². The van der Waals surface area contributed by atoms with Gasteiger partial charge in [0.15, 0.2) is 10.8 Å². The van der Waals surface area contributed by atoms with Crippen LogP contribution in [-0.2, 0) is 6.54 Å². The van der Waals surface area contributed by atoms with Crippen LogP contribution in [0.1, 0.15) is 5.56 Å². The molecule has 0 bridgehead atoms. The Morgan fingerprint density at radius 1 is 1.21 bits per heavy atom. The maximum Gasteiger partial charge on any atom is 0.229 e. The van der Waals surface area contributed by atoms with Crippen molar-refractivity contribution in [1.29, 1.82) is 0 Å². The zero-order valence-corrected chi connectivity index (χ0v) is 11.1. The standard InChI is InChI=1S/C12H12N6S/c1-19-12-14-7-9(8-15-12)6-13-11-17-16-10-4-2-3-5-18(10)11/h2-5,7-8H,6H2,1H3,(H,13,17). The van der Waals surface area contributed by atoms with Gasteiger partial charge in [0.25, 0.3) is 0 Å². The Kier molecular flexibility index (Phi) is 3.28. The summed E-state index contributed by atoms with van der Waals surface area (Å²) in [5.41, 5.74) is 1.82. The van der Waals surface area contributed by atoms with E-state index in [9.17, 15) is 0 Å². The molecule has 6 nitrogen and oxygen atoms in total. The number of hydrogen-bond acceptors (Lipinski definition) is 6. The fourth-order valence-electron chi connectivity index (χ4n) is 1.68. The molecule has 0 saturated carbocycles. The van der Waals surface area contributed by atoms with Crippen molar-refractivity contribution in [3.8, 4) is 0 Å². The first kappa shape index (κ1) is 11.9. The molecule has 0 aliphatic heterocycles. The first-order valence-electron chi connectivity index (χ1n) is 5.75. The molecule has 3 heterocycles. The molecule has 0 spiro atoms. The summed E-state index contributed by atoms with van der Waals surface area (Å²) in [6.07, 6.45) is 7.50. The number of aromatic nitrogens is 5. The van der Waals surface area contributed by atoms with Crippen molar-refractivity contribution in [2.75, 3.05) is 11.6 Å². The summed E-state index contributed by atoms with van der Waals surface area (Å²) in [5, 5.41) is 12.2. The van der Waals surface area contributed by atoms with Gasteiger partial charge in [-0.05, 0) is 18.4 Å². The highest BCUT2D eigenvalue weighted by Crippen LogP contribution is 2.10. The third kappa shape index (κ3) is 2.50. The Labute approximate surface area is 114 Å². The zero-order valence-electron chi connectivity index (χ0n) is 10.3. The molecule has 0 aliphatic rings. The van der Waals surface area contributed by atoms with Gasteiger partial charge in [-0.15, -0.1) is 10.2 Å². The summed E-state index contributed by atoms with van der Waals surface area (Å²) in [6.45, 7) is 0.615. The molecule has 7 heteroatoms. The van der Waals surface area contributed by atoms with Crippen LogP contribution in [0.4, 0.5) is 5.95 Å². The third-order valence-electron chi connectivity index (χ3n) is 2.63. The van der Waals surface area contributed by atoms with E-state index in [2.05, 4.69) is 25.5 Å². The van der Waals surface area contributed by atoms with Crippen molar-refractivity contribution in [2.24, 2.45) is 0 Å². The molecule has 0 amide bonds. The minimum atomic E-state index is 0.615. The lowest BCUT2D eigenvalue weighted by Gasteiger charge is -2.04. The van der Waals surface area contributed by atoms with Gasteiger partial charge in [-0.25, -0.2) is 9.97 Å². The maximum atomic E-state index is 4.23. The Hall–Kier alpha value is -2.15. The van der Waals surface area contributed by atoms with Gasteiger partial charge in [-0.2, -0.15) is 0 Å². The second-order valence-electron chi connectivity index (χ2n) is 3.88. The van der Waals surface area contributed by atoms with Crippen molar-refractivity contribution in [3.05, 3.63) is 42.4 Å². The fraction of sp³-hybridized carbons (Fsp3) is 0.167. The van der Waals surface area contributed by atoms with Gasteiger partial charge < -0.3 is 5.32 Å². The number of rotatable bonds is 4. The van der Waals surface area contributed by atoms with Gasteiger partial charge in [0.05, 0.1) is 0 Å². The van der Waals surface area contributed by atoms with Crippen molar-refractivity contribution >= 4 is 23.4 Å². The molecule has 0 aliphatic carbocycles. The predicted octanol–water partition coefficient (Wildman–Crippen LogP) is 1.85. The molecule has 0 atom stereocenters. The Balaban J connectivity index is 1.74. The number of nitrogens with zero attached hydrogens (tertiary/aromatic N) is 5. The monoisotopic (exact) mass is 272 g/mol. The molecular formula is C12H12N6S. The quantitative estimate of drug-likeness (QED) is 0.577. The normalized spacial score (nSPS) is 10.8. The molecule has 1 N–H and O–H groups in total. The lowest BCUT2D eigenvalue weighted by atomic mass is 10.3. The molecular weight excluding hydrogens is 260 g/mol. The molecule has 3 aromatic rings. The van der Waals surface area contributed by atoms with E-state index in [4.69, 9.17) is 0 Å². The molecule has 3 rings (SSSR count).